The Morgan fingerprint density at radius 3 is 2.56 bits per heavy atom. The number of ketones is 1. The van der Waals surface area contributed by atoms with Crippen LogP contribution in [0.3, 0.4) is 0 Å². The van der Waals surface area contributed by atoms with E-state index in [9.17, 15) is 14.7 Å². The number of hydrogen-bond donors (Lipinski definition) is 1. The summed E-state index contributed by atoms with van der Waals surface area (Å²) in [6.45, 7) is 7.11. The van der Waals surface area contributed by atoms with Crippen LogP contribution in [-0.2, 0) is 14.3 Å². The quantitative estimate of drug-likeness (QED) is 0.317. The van der Waals surface area contributed by atoms with Crippen molar-refractivity contribution < 1.29 is 24.2 Å². The number of nitrogens with zero attached hydrogens (tertiary/aromatic N) is 1. The Hall–Kier alpha value is -2.64. The number of carbonyl (C=O) groups excluding carboxylic acids is 2. The Balaban J connectivity index is 2.08. The summed E-state index contributed by atoms with van der Waals surface area (Å²) in [4.78, 5) is 27.3. The fourth-order valence-electron chi connectivity index (χ4n) is 3.69. The fraction of sp³-hybridized carbons (Fsp3) is 0.360. The van der Waals surface area contributed by atoms with Crippen LogP contribution in [0, 0.1) is 12.8 Å². The summed E-state index contributed by atoms with van der Waals surface area (Å²) >= 11 is 3.45. The number of amides is 1. The van der Waals surface area contributed by atoms with Crippen LogP contribution >= 0.6 is 15.9 Å². The number of aliphatic hydroxyl groups is 1. The highest BCUT2D eigenvalue weighted by molar-refractivity contribution is 9.10. The molecular weight excluding hydrogens is 474 g/mol. The maximum atomic E-state index is 13.0. The third-order valence-electron chi connectivity index (χ3n) is 5.26. The van der Waals surface area contributed by atoms with Crippen LogP contribution in [0.4, 0.5) is 0 Å². The summed E-state index contributed by atoms with van der Waals surface area (Å²) in [6.07, 6.45) is 0. The van der Waals surface area contributed by atoms with Crippen molar-refractivity contribution in [3.8, 4) is 5.75 Å². The number of aliphatic hydroxyl groups excluding tert-OH is 1. The van der Waals surface area contributed by atoms with Gasteiger partial charge in [0.15, 0.2) is 0 Å². The highest BCUT2D eigenvalue weighted by atomic mass is 79.9. The van der Waals surface area contributed by atoms with E-state index in [1.807, 2.05) is 31.2 Å². The van der Waals surface area contributed by atoms with Crippen LogP contribution in [0.15, 0.2) is 52.5 Å². The summed E-state index contributed by atoms with van der Waals surface area (Å²) in [7, 11) is 1.54. The summed E-state index contributed by atoms with van der Waals surface area (Å²) in [5, 5.41) is 11.2. The van der Waals surface area contributed by atoms with Crippen molar-refractivity contribution >= 4 is 33.4 Å². The molecule has 1 fully saturated rings. The van der Waals surface area contributed by atoms with Gasteiger partial charge >= 0.3 is 0 Å². The van der Waals surface area contributed by atoms with Crippen LogP contribution in [0.25, 0.3) is 5.76 Å². The van der Waals surface area contributed by atoms with Crippen molar-refractivity contribution in [1.82, 2.24) is 4.90 Å². The van der Waals surface area contributed by atoms with Gasteiger partial charge in [-0.1, -0.05) is 41.9 Å². The minimum absolute atomic E-state index is 0.0689. The lowest BCUT2D eigenvalue weighted by molar-refractivity contribution is -0.140. The molecule has 170 valence electrons. The highest BCUT2D eigenvalue weighted by Gasteiger charge is 2.45. The van der Waals surface area contributed by atoms with E-state index in [2.05, 4.69) is 29.8 Å². The smallest absolute Gasteiger partial charge is 0.295 e. The van der Waals surface area contributed by atoms with Gasteiger partial charge < -0.3 is 19.5 Å². The van der Waals surface area contributed by atoms with Gasteiger partial charge in [0.25, 0.3) is 11.7 Å². The molecule has 0 unspecified atom stereocenters. The number of rotatable bonds is 8. The standard InChI is InChI=1S/C25H28BrNO5/c1-15(2)14-32-20-9-8-18(12-16(20)3)23(28)21-22(17-6-5-7-19(26)13-17)27(10-11-31-4)25(30)24(21)29/h5-9,12-13,15,22,28H,10-11,14H2,1-4H3/b23-21+/t22-/m0/s1. The topological polar surface area (TPSA) is 76.1 Å². The monoisotopic (exact) mass is 501 g/mol. The molecule has 0 saturated carbocycles. The van der Waals surface area contributed by atoms with Gasteiger partial charge in [-0.15, -0.1) is 0 Å². The van der Waals surface area contributed by atoms with E-state index in [0.29, 0.717) is 18.1 Å². The molecule has 0 aromatic heterocycles. The molecule has 32 heavy (non-hydrogen) atoms. The van der Waals surface area contributed by atoms with E-state index in [0.717, 1.165) is 21.3 Å². The number of Topliss-reactive ketones (excluding diaryl/α,β-unsaturated/α-hetero) is 1. The maximum absolute atomic E-state index is 13.0. The van der Waals surface area contributed by atoms with Crippen molar-refractivity contribution in [2.45, 2.75) is 26.8 Å². The van der Waals surface area contributed by atoms with Crippen molar-refractivity contribution in [2.24, 2.45) is 5.92 Å². The molecule has 6 nitrogen and oxygen atoms in total. The molecule has 2 aromatic carbocycles. The lowest BCUT2D eigenvalue weighted by Gasteiger charge is -2.25. The van der Waals surface area contributed by atoms with Crippen LogP contribution < -0.4 is 4.74 Å². The number of carbonyl (C=O) groups is 2. The van der Waals surface area contributed by atoms with Crippen molar-refractivity contribution in [2.75, 3.05) is 26.9 Å². The second-order valence-corrected chi connectivity index (χ2v) is 9.14. The largest absolute Gasteiger partial charge is 0.507 e. The Bertz CT molecular complexity index is 1050. The summed E-state index contributed by atoms with van der Waals surface area (Å²) in [5.74, 6) is -0.453. The number of hydrogen-bond acceptors (Lipinski definition) is 5. The summed E-state index contributed by atoms with van der Waals surface area (Å²) in [6, 6.07) is 11.9. The van der Waals surface area contributed by atoms with Gasteiger partial charge in [-0.2, -0.15) is 0 Å². The van der Waals surface area contributed by atoms with Gasteiger partial charge in [0.1, 0.15) is 11.5 Å². The molecule has 0 bridgehead atoms. The van der Waals surface area contributed by atoms with Gasteiger partial charge in [-0.3, -0.25) is 9.59 Å². The fourth-order valence-corrected chi connectivity index (χ4v) is 4.11. The first kappa shape index (κ1) is 24.0. The number of methoxy groups -OCH3 is 1. The Morgan fingerprint density at radius 2 is 1.94 bits per heavy atom. The van der Waals surface area contributed by atoms with E-state index in [1.165, 1.54) is 12.0 Å². The van der Waals surface area contributed by atoms with Gasteiger partial charge in [0, 0.05) is 23.7 Å². The molecule has 1 aliphatic heterocycles. The number of ether oxygens (including phenoxy) is 2. The van der Waals surface area contributed by atoms with Crippen LogP contribution in [0.1, 0.15) is 36.6 Å². The highest BCUT2D eigenvalue weighted by Crippen LogP contribution is 2.40. The molecule has 1 amide bonds. The first-order valence-corrected chi connectivity index (χ1v) is 11.3. The van der Waals surface area contributed by atoms with Gasteiger partial charge in [-0.25, -0.2) is 0 Å². The Labute approximate surface area is 197 Å². The van der Waals surface area contributed by atoms with E-state index < -0.39 is 17.7 Å². The van der Waals surface area contributed by atoms with Gasteiger partial charge in [0.05, 0.1) is 24.8 Å². The number of aryl methyl sites for hydroxylation is 1. The molecule has 3 rings (SSSR count). The predicted molar refractivity (Wildman–Crippen MR) is 127 cm³/mol. The van der Waals surface area contributed by atoms with Gasteiger partial charge in [-0.05, 0) is 54.3 Å². The lowest BCUT2D eigenvalue weighted by Crippen LogP contribution is -2.32. The molecule has 1 saturated heterocycles. The SMILES string of the molecule is COCCN1C(=O)C(=O)/C(=C(/O)c2ccc(OCC(C)C)c(C)c2)[C@@H]1c1cccc(Br)c1. The molecule has 0 spiro atoms. The normalized spacial score (nSPS) is 17.9. The average molecular weight is 502 g/mol. The molecule has 1 atom stereocenters. The van der Waals surface area contributed by atoms with E-state index >= 15 is 0 Å². The minimum atomic E-state index is -0.708. The van der Waals surface area contributed by atoms with E-state index in [4.69, 9.17) is 9.47 Å². The molecule has 2 aromatic rings. The van der Waals surface area contributed by atoms with Crippen LogP contribution in [0.5, 0.6) is 5.75 Å². The van der Waals surface area contributed by atoms with Crippen LogP contribution in [-0.4, -0.2) is 48.6 Å². The second kappa shape index (κ2) is 10.3. The minimum Gasteiger partial charge on any atom is -0.507 e. The first-order chi connectivity index (χ1) is 15.2. The lowest BCUT2D eigenvalue weighted by atomic mass is 9.95. The summed E-state index contributed by atoms with van der Waals surface area (Å²) in [5.41, 5.74) is 2.09. The van der Waals surface area contributed by atoms with Crippen molar-refractivity contribution in [3.63, 3.8) is 0 Å². The first-order valence-electron chi connectivity index (χ1n) is 10.5. The third kappa shape index (κ3) is 5.05. The maximum Gasteiger partial charge on any atom is 0.295 e. The van der Waals surface area contributed by atoms with Crippen LogP contribution in [0.2, 0.25) is 0 Å². The molecule has 0 aliphatic carbocycles. The molecule has 0 radical (unpaired) electrons. The molecule has 1 heterocycles. The molecule has 7 heteroatoms. The predicted octanol–water partition coefficient (Wildman–Crippen LogP) is 4.86. The molecule has 1 N–H and O–H groups in total. The number of halogens is 1. The zero-order chi connectivity index (χ0) is 23.4. The zero-order valence-corrected chi connectivity index (χ0v) is 20.3. The molecule has 1 aliphatic rings. The van der Waals surface area contributed by atoms with E-state index in [-0.39, 0.29) is 24.5 Å². The Morgan fingerprint density at radius 1 is 1.19 bits per heavy atom. The molecular formula is C25H28BrNO5. The Kier molecular flexibility index (Phi) is 7.74. The third-order valence-corrected chi connectivity index (χ3v) is 5.75. The van der Waals surface area contributed by atoms with E-state index in [1.54, 1.807) is 18.2 Å². The zero-order valence-electron chi connectivity index (χ0n) is 18.7. The second-order valence-electron chi connectivity index (χ2n) is 8.23. The number of likely N-dealkylation sites (tertiary alicyclic amines) is 1. The van der Waals surface area contributed by atoms with Gasteiger partial charge in [0.2, 0.25) is 0 Å². The van der Waals surface area contributed by atoms with Crippen molar-refractivity contribution in [1.29, 1.82) is 0 Å². The van der Waals surface area contributed by atoms with Crippen molar-refractivity contribution in [3.05, 3.63) is 69.2 Å². The summed E-state index contributed by atoms with van der Waals surface area (Å²) < 4.78 is 11.8. The number of benzene rings is 2. The average Bonchev–Trinajstić information content (AvgIpc) is 3.01.